The number of carbonyl (C=O) groups excluding carboxylic acids is 1. The maximum atomic E-state index is 12.5. The van der Waals surface area contributed by atoms with Crippen LogP contribution in [0.15, 0.2) is 49.2 Å². The highest BCUT2D eigenvalue weighted by Gasteiger charge is 2.22. The zero-order valence-electron chi connectivity index (χ0n) is 17.9. The van der Waals surface area contributed by atoms with E-state index in [0.29, 0.717) is 5.92 Å². The van der Waals surface area contributed by atoms with Gasteiger partial charge in [0, 0.05) is 55.9 Å². The van der Waals surface area contributed by atoms with Crippen LogP contribution < -0.4 is 5.32 Å². The molecule has 1 fully saturated rings. The van der Waals surface area contributed by atoms with E-state index in [4.69, 9.17) is 0 Å². The van der Waals surface area contributed by atoms with E-state index in [1.807, 2.05) is 49.3 Å². The Labute approximate surface area is 182 Å². The van der Waals surface area contributed by atoms with Crippen LogP contribution in [0.1, 0.15) is 29.7 Å². The fraction of sp³-hybridized carbons (Fsp3) is 0.348. The molecule has 0 radical (unpaired) electrons. The van der Waals surface area contributed by atoms with Gasteiger partial charge in [0.15, 0.2) is 0 Å². The van der Waals surface area contributed by atoms with Gasteiger partial charge in [-0.25, -0.2) is 15.0 Å². The molecule has 1 saturated heterocycles. The molecule has 4 heterocycles. The summed E-state index contributed by atoms with van der Waals surface area (Å²) in [7, 11) is 1.86. The van der Waals surface area contributed by atoms with Gasteiger partial charge in [-0.2, -0.15) is 5.10 Å². The van der Waals surface area contributed by atoms with Crippen molar-refractivity contribution in [1.82, 2.24) is 29.6 Å². The molecule has 1 aliphatic rings. The van der Waals surface area contributed by atoms with Gasteiger partial charge >= 0.3 is 0 Å². The van der Waals surface area contributed by atoms with Crippen molar-refractivity contribution in [1.29, 1.82) is 0 Å². The van der Waals surface area contributed by atoms with Crippen LogP contribution in [-0.4, -0.2) is 48.6 Å². The maximum Gasteiger partial charge on any atom is 0.246 e. The summed E-state index contributed by atoms with van der Waals surface area (Å²) in [5, 5.41) is 7.38. The third kappa shape index (κ3) is 5.53. The van der Waals surface area contributed by atoms with E-state index >= 15 is 0 Å². The summed E-state index contributed by atoms with van der Waals surface area (Å²) in [5.41, 5.74) is 3.00. The molecule has 3 aromatic heterocycles. The number of rotatable bonds is 6. The minimum Gasteiger partial charge on any atom is -0.339 e. The Hall–Kier alpha value is -3.55. The standard InChI is InChI=1S/C23H27N7O/c1-17-4-3-9-24-23(17)28-21-13-20(25-16-26-21)12-18-7-10-30(11-8-18)22(31)6-5-19-14-27-29(2)15-19/h3-6,9,13-16,18H,7-8,10-12H2,1-2H3,(H,24,25,26,28)/b6-5+. The smallest absolute Gasteiger partial charge is 0.246 e. The second-order valence-electron chi connectivity index (χ2n) is 7.94. The number of carbonyl (C=O) groups is 1. The van der Waals surface area contributed by atoms with E-state index in [1.54, 1.807) is 29.5 Å². The van der Waals surface area contributed by atoms with Crippen LogP contribution in [0.5, 0.6) is 0 Å². The van der Waals surface area contributed by atoms with Gasteiger partial charge in [-0.1, -0.05) is 6.07 Å². The number of anilines is 2. The summed E-state index contributed by atoms with van der Waals surface area (Å²) in [4.78, 5) is 27.5. The lowest BCUT2D eigenvalue weighted by Crippen LogP contribution is -2.38. The van der Waals surface area contributed by atoms with E-state index in [2.05, 4.69) is 25.4 Å². The topological polar surface area (TPSA) is 88.8 Å². The van der Waals surface area contributed by atoms with Crippen LogP contribution in [-0.2, 0) is 18.3 Å². The van der Waals surface area contributed by atoms with Crippen molar-refractivity contribution < 1.29 is 4.79 Å². The first-order valence-corrected chi connectivity index (χ1v) is 10.5. The monoisotopic (exact) mass is 417 g/mol. The Bertz CT molecular complexity index is 1070. The van der Waals surface area contributed by atoms with Crippen molar-refractivity contribution in [2.45, 2.75) is 26.2 Å². The fourth-order valence-electron chi connectivity index (χ4n) is 3.77. The number of hydrogen-bond donors (Lipinski definition) is 1. The van der Waals surface area contributed by atoms with E-state index < -0.39 is 0 Å². The summed E-state index contributed by atoms with van der Waals surface area (Å²) < 4.78 is 1.72. The molecule has 0 spiro atoms. The third-order valence-corrected chi connectivity index (χ3v) is 5.55. The molecular weight excluding hydrogens is 390 g/mol. The SMILES string of the molecule is Cc1cccnc1Nc1cc(CC2CCN(C(=O)/C=C/c3cnn(C)c3)CC2)ncn1. The van der Waals surface area contributed by atoms with Crippen LogP contribution in [0.3, 0.4) is 0 Å². The normalized spacial score (nSPS) is 14.8. The van der Waals surface area contributed by atoms with Gasteiger partial charge in [0.1, 0.15) is 18.0 Å². The fourth-order valence-corrected chi connectivity index (χ4v) is 3.77. The number of aromatic nitrogens is 5. The molecule has 0 aromatic carbocycles. The number of nitrogens with zero attached hydrogens (tertiary/aromatic N) is 6. The Balaban J connectivity index is 1.29. The van der Waals surface area contributed by atoms with Crippen LogP contribution in [0.4, 0.5) is 11.6 Å². The molecule has 0 unspecified atom stereocenters. The number of likely N-dealkylation sites (tertiary alicyclic amines) is 1. The molecule has 1 amide bonds. The van der Waals surface area contributed by atoms with Crippen molar-refractivity contribution in [3.63, 3.8) is 0 Å². The van der Waals surface area contributed by atoms with Gasteiger partial charge in [-0.3, -0.25) is 9.48 Å². The molecule has 0 atom stereocenters. The lowest BCUT2D eigenvalue weighted by atomic mass is 9.92. The van der Waals surface area contributed by atoms with Gasteiger partial charge in [0.25, 0.3) is 0 Å². The first-order valence-electron chi connectivity index (χ1n) is 10.5. The Morgan fingerprint density at radius 3 is 2.84 bits per heavy atom. The summed E-state index contributed by atoms with van der Waals surface area (Å²) in [6.07, 6.45) is 13.3. The zero-order chi connectivity index (χ0) is 21.6. The van der Waals surface area contributed by atoms with Gasteiger partial charge in [0.05, 0.1) is 6.20 Å². The van der Waals surface area contributed by atoms with Crippen LogP contribution in [0.25, 0.3) is 6.08 Å². The Kier molecular flexibility index (Phi) is 6.35. The molecule has 8 heteroatoms. The molecular formula is C23H27N7O. The van der Waals surface area contributed by atoms with Gasteiger partial charge in [-0.15, -0.1) is 0 Å². The number of aryl methyl sites for hydroxylation is 2. The average molecular weight is 418 g/mol. The number of pyridine rings is 1. The van der Waals surface area contributed by atoms with Gasteiger partial charge in [0.2, 0.25) is 5.91 Å². The van der Waals surface area contributed by atoms with Crippen molar-refractivity contribution in [2.75, 3.05) is 18.4 Å². The summed E-state index contributed by atoms with van der Waals surface area (Å²) in [6, 6.07) is 5.92. The van der Waals surface area contributed by atoms with Crippen molar-refractivity contribution in [3.8, 4) is 0 Å². The van der Waals surface area contributed by atoms with Gasteiger partial charge < -0.3 is 10.2 Å². The minimum atomic E-state index is 0.0570. The average Bonchev–Trinajstić information content (AvgIpc) is 3.20. The number of nitrogens with one attached hydrogen (secondary N) is 1. The predicted molar refractivity (Wildman–Crippen MR) is 120 cm³/mol. The van der Waals surface area contributed by atoms with Crippen molar-refractivity contribution in [3.05, 3.63) is 66.0 Å². The number of amides is 1. The second kappa shape index (κ2) is 9.51. The first-order chi connectivity index (χ1) is 15.1. The lowest BCUT2D eigenvalue weighted by Gasteiger charge is -2.31. The van der Waals surface area contributed by atoms with E-state index in [-0.39, 0.29) is 5.91 Å². The zero-order valence-corrected chi connectivity index (χ0v) is 17.9. The molecule has 0 saturated carbocycles. The summed E-state index contributed by atoms with van der Waals surface area (Å²) in [6.45, 7) is 3.55. The highest BCUT2D eigenvalue weighted by molar-refractivity contribution is 5.91. The Morgan fingerprint density at radius 2 is 2.10 bits per heavy atom. The maximum absolute atomic E-state index is 12.5. The minimum absolute atomic E-state index is 0.0570. The predicted octanol–water partition coefficient (Wildman–Crippen LogP) is 3.15. The molecule has 31 heavy (non-hydrogen) atoms. The molecule has 1 aliphatic heterocycles. The lowest BCUT2D eigenvalue weighted by molar-refractivity contribution is -0.127. The molecule has 4 rings (SSSR count). The van der Waals surface area contributed by atoms with E-state index in [1.165, 1.54) is 0 Å². The summed E-state index contributed by atoms with van der Waals surface area (Å²) >= 11 is 0. The number of piperidine rings is 1. The van der Waals surface area contributed by atoms with Crippen molar-refractivity contribution in [2.24, 2.45) is 13.0 Å². The molecule has 160 valence electrons. The van der Waals surface area contributed by atoms with Crippen LogP contribution in [0, 0.1) is 12.8 Å². The summed E-state index contributed by atoms with van der Waals surface area (Å²) in [5.74, 6) is 2.12. The molecule has 1 N–H and O–H groups in total. The third-order valence-electron chi connectivity index (χ3n) is 5.55. The molecule has 0 bridgehead atoms. The largest absolute Gasteiger partial charge is 0.339 e. The van der Waals surface area contributed by atoms with Crippen LogP contribution in [0.2, 0.25) is 0 Å². The van der Waals surface area contributed by atoms with E-state index in [0.717, 1.165) is 60.8 Å². The van der Waals surface area contributed by atoms with Crippen molar-refractivity contribution >= 4 is 23.6 Å². The van der Waals surface area contributed by atoms with Gasteiger partial charge in [-0.05, 0) is 49.8 Å². The highest BCUT2D eigenvalue weighted by Crippen LogP contribution is 2.23. The highest BCUT2D eigenvalue weighted by atomic mass is 16.2. The van der Waals surface area contributed by atoms with Crippen LogP contribution >= 0.6 is 0 Å². The Morgan fingerprint density at radius 1 is 1.26 bits per heavy atom. The van der Waals surface area contributed by atoms with E-state index in [9.17, 15) is 4.79 Å². The molecule has 3 aromatic rings. The quantitative estimate of drug-likeness (QED) is 0.620. The molecule has 0 aliphatic carbocycles. The number of hydrogen-bond acceptors (Lipinski definition) is 6. The second-order valence-corrected chi connectivity index (χ2v) is 7.94. The first kappa shape index (κ1) is 20.7. The molecule has 8 nitrogen and oxygen atoms in total.